The highest BCUT2D eigenvalue weighted by Crippen LogP contribution is 2.23. The molecule has 0 fully saturated rings. The Morgan fingerprint density at radius 2 is 1.74 bits per heavy atom. The van der Waals surface area contributed by atoms with Crippen LogP contribution >= 0.6 is 0 Å². The summed E-state index contributed by atoms with van der Waals surface area (Å²) in [6.07, 6.45) is 0. The van der Waals surface area contributed by atoms with Crippen molar-refractivity contribution >= 4 is 20.8 Å². The summed E-state index contributed by atoms with van der Waals surface area (Å²) in [5.74, 6) is 0. The predicted molar refractivity (Wildman–Crippen MR) is 74.0 cm³/mol. The molecule has 0 saturated carbocycles. The molecule has 4 nitrogen and oxygen atoms in total. The summed E-state index contributed by atoms with van der Waals surface area (Å²) in [5, 5.41) is 10.4. The van der Waals surface area contributed by atoms with E-state index in [0.29, 0.717) is 5.39 Å². The molecule has 0 spiro atoms. The minimum atomic E-state index is -3.73. The third-order valence-electron chi connectivity index (χ3n) is 2.71. The van der Waals surface area contributed by atoms with E-state index >= 15 is 0 Å². The van der Waals surface area contributed by atoms with E-state index in [2.05, 4.69) is 4.72 Å². The van der Waals surface area contributed by atoms with E-state index < -0.39 is 15.6 Å². The molecule has 0 aliphatic heterocycles. The normalized spacial score (nSPS) is 12.3. The molecule has 0 heterocycles. The minimum Gasteiger partial charge on any atom is -0.207 e. The third-order valence-corrected chi connectivity index (χ3v) is 4.42. The molecule has 0 aliphatic rings. The molecule has 0 saturated heterocycles. The minimum absolute atomic E-state index is 0.189. The highest BCUT2D eigenvalue weighted by atomic mass is 32.2. The van der Waals surface area contributed by atoms with Crippen molar-refractivity contribution in [3.05, 3.63) is 42.5 Å². The zero-order valence-corrected chi connectivity index (χ0v) is 11.5. The SMILES string of the molecule is CC(C)(C#N)NS(=O)(=O)c1cccc2ccccc12. The first-order chi connectivity index (χ1) is 8.86. The van der Waals surface area contributed by atoms with E-state index in [-0.39, 0.29) is 4.90 Å². The van der Waals surface area contributed by atoms with Crippen molar-refractivity contribution in [2.24, 2.45) is 0 Å². The molecule has 0 bridgehead atoms. The molecular weight excluding hydrogens is 260 g/mol. The van der Waals surface area contributed by atoms with Crippen LogP contribution in [0.1, 0.15) is 13.8 Å². The van der Waals surface area contributed by atoms with E-state index in [1.807, 2.05) is 24.3 Å². The molecule has 1 N–H and O–H groups in total. The van der Waals surface area contributed by atoms with Gasteiger partial charge in [-0.2, -0.15) is 9.98 Å². The molecule has 2 rings (SSSR count). The highest BCUT2D eigenvalue weighted by Gasteiger charge is 2.26. The number of nitrogens with one attached hydrogen (secondary N) is 1. The summed E-state index contributed by atoms with van der Waals surface area (Å²) in [5.41, 5.74) is -1.14. The highest BCUT2D eigenvalue weighted by molar-refractivity contribution is 7.89. The largest absolute Gasteiger partial charge is 0.242 e. The van der Waals surface area contributed by atoms with Crippen LogP contribution in [0.4, 0.5) is 0 Å². The standard InChI is InChI=1S/C14H14N2O2S/c1-14(2,10-15)16-19(17,18)13-9-5-7-11-6-3-4-8-12(11)13/h3-9,16H,1-2H3. The van der Waals surface area contributed by atoms with Gasteiger partial charge in [0, 0.05) is 5.39 Å². The van der Waals surface area contributed by atoms with Gasteiger partial charge in [0.25, 0.3) is 0 Å². The molecule has 19 heavy (non-hydrogen) atoms. The van der Waals surface area contributed by atoms with Gasteiger partial charge in [0.05, 0.1) is 11.0 Å². The fourth-order valence-corrected chi connectivity index (χ4v) is 3.40. The van der Waals surface area contributed by atoms with Crippen LogP contribution in [-0.4, -0.2) is 14.0 Å². The second-order valence-corrected chi connectivity index (χ2v) is 6.47. The van der Waals surface area contributed by atoms with Gasteiger partial charge in [-0.3, -0.25) is 0 Å². The number of benzene rings is 2. The predicted octanol–water partition coefficient (Wildman–Crippen LogP) is 2.42. The van der Waals surface area contributed by atoms with Gasteiger partial charge in [-0.25, -0.2) is 8.42 Å². The molecule has 0 unspecified atom stereocenters. The van der Waals surface area contributed by atoms with E-state index in [4.69, 9.17) is 5.26 Å². The van der Waals surface area contributed by atoms with Crippen molar-refractivity contribution < 1.29 is 8.42 Å². The molecule has 98 valence electrons. The molecule has 5 heteroatoms. The van der Waals surface area contributed by atoms with Crippen molar-refractivity contribution in [3.63, 3.8) is 0 Å². The van der Waals surface area contributed by atoms with Gasteiger partial charge in [0.1, 0.15) is 5.54 Å². The lowest BCUT2D eigenvalue weighted by Crippen LogP contribution is -2.42. The Balaban J connectivity index is 2.59. The van der Waals surface area contributed by atoms with Gasteiger partial charge in [0.15, 0.2) is 0 Å². The van der Waals surface area contributed by atoms with Crippen molar-refractivity contribution in [2.75, 3.05) is 0 Å². The van der Waals surface area contributed by atoms with Crippen LogP contribution in [0.5, 0.6) is 0 Å². The first-order valence-corrected chi connectivity index (χ1v) is 7.27. The van der Waals surface area contributed by atoms with Crippen LogP contribution in [0, 0.1) is 11.3 Å². The van der Waals surface area contributed by atoms with Crippen molar-refractivity contribution in [1.82, 2.24) is 4.72 Å². The van der Waals surface area contributed by atoms with Gasteiger partial charge in [0.2, 0.25) is 10.0 Å². The lowest BCUT2D eigenvalue weighted by Gasteiger charge is -2.18. The Labute approximate surface area is 112 Å². The molecular formula is C14H14N2O2S. The maximum absolute atomic E-state index is 12.4. The van der Waals surface area contributed by atoms with E-state index in [1.54, 1.807) is 18.2 Å². The van der Waals surface area contributed by atoms with E-state index in [0.717, 1.165) is 5.39 Å². The lowest BCUT2D eigenvalue weighted by molar-refractivity contribution is 0.536. The number of rotatable bonds is 3. The lowest BCUT2D eigenvalue weighted by atomic mass is 10.1. The first kappa shape index (κ1) is 13.5. The van der Waals surface area contributed by atoms with Gasteiger partial charge in [-0.15, -0.1) is 0 Å². The Morgan fingerprint density at radius 3 is 2.42 bits per heavy atom. The van der Waals surface area contributed by atoms with Crippen LogP contribution < -0.4 is 4.72 Å². The van der Waals surface area contributed by atoms with Crippen LogP contribution in [0.3, 0.4) is 0 Å². The van der Waals surface area contributed by atoms with Gasteiger partial charge < -0.3 is 0 Å². The summed E-state index contributed by atoms with van der Waals surface area (Å²) in [6, 6.07) is 14.3. The zero-order chi connectivity index (χ0) is 14.1. The van der Waals surface area contributed by atoms with Crippen LogP contribution in [0.25, 0.3) is 10.8 Å². The number of nitrogens with zero attached hydrogens (tertiary/aromatic N) is 1. The Kier molecular flexibility index (Phi) is 3.31. The van der Waals surface area contributed by atoms with Crippen molar-refractivity contribution in [1.29, 1.82) is 5.26 Å². The quantitative estimate of drug-likeness (QED) is 0.934. The fraction of sp³-hybridized carbons (Fsp3) is 0.214. The molecule has 0 atom stereocenters. The van der Waals surface area contributed by atoms with Gasteiger partial charge in [-0.1, -0.05) is 36.4 Å². The Bertz CT molecular complexity index is 753. The van der Waals surface area contributed by atoms with Crippen molar-refractivity contribution in [2.45, 2.75) is 24.3 Å². The van der Waals surface area contributed by atoms with Crippen LogP contribution in [0.2, 0.25) is 0 Å². The number of hydrogen-bond acceptors (Lipinski definition) is 3. The summed E-state index contributed by atoms with van der Waals surface area (Å²) in [6.45, 7) is 3.05. The molecule has 0 aliphatic carbocycles. The zero-order valence-electron chi connectivity index (χ0n) is 10.7. The average molecular weight is 274 g/mol. The number of sulfonamides is 1. The molecule has 2 aromatic carbocycles. The molecule has 2 aromatic rings. The number of fused-ring (bicyclic) bond motifs is 1. The summed E-state index contributed by atoms with van der Waals surface area (Å²) >= 11 is 0. The number of hydrogen-bond donors (Lipinski definition) is 1. The molecule has 0 amide bonds. The van der Waals surface area contributed by atoms with Gasteiger partial charge >= 0.3 is 0 Å². The maximum Gasteiger partial charge on any atom is 0.242 e. The summed E-state index contributed by atoms with van der Waals surface area (Å²) < 4.78 is 27.1. The second-order valence-electron chi connectivity index (χ2n) is 4.82. The van der Waals surface area contributed by atoms with Gasteiger partial charge in [-0.05, 0) is 25.3 Å². The maximum atomic E-state index is 12.4. The topological polar surface area (TPSA) is 70.0 Å². The first-order valence-electron chi connectivity index (χ1n) is 5.79. The van der Waals surface area contributed by atoms with Crippen LogP contribution in [-0.2, 0) is 10.0 Å². The Hall–Kier alpha value is -1.90. The summed E-state index contributed by atoms with van der Waals surface area (Å²) in [7, 11) is -3.73. The monoisotopic (exact) mass is 274 g/mol. The number of nitriles is 1. The smallest absolute Gasteiger partial charge is 0.207 e. The van der Waals surface area contributed by atoms with E-state index in [9.17, 15) is 8.42 Å². The van der Waals surface area contributed by atoms with Crippen molar-refractivity contribution in [3.8, 4) is 6.07 Å². The third kappa shape index (κ3) is 2.75. The fourth-order valence-electron chi connectivity index (χ4n) is 1.84. The summed E-state index contributed by atoms with van der Waals surface area (Å²) in [4.78, 5) is 0.189. The molecule has 0 radical (unpaired) electrons. The van der Waals surface area contributed by atoms with Crippen LogP contribution in [0.15, 0.2) is 47.4 Å². The molecule has 0 aromatic heterocycles. The average Bonchev–Trinajstić information content (AvgIpc) is 2.37. The Morgan fingerprint density at radius 1 is 1.11 bits per heavy atom. The van der Waals surface area contributed by atoms with E-state index in [1.165, 1.54) is 19.9 Å². The second kappa shape index (κ2) is 4.65.